The number of hydrogen-bond donors (Lipinski definition) is 0. The molecule has 0 spiro atoms. The Labute approximate surface area is 277 Å². The molecule has 0 atom stereocenters. The molecule has 6 heteroatoms. The van der Waals surface area contributed by atoms with Crippen LogP contribution in [0.3, 0.4) is 0 Å². The summed E-state index contributed by atoms with van der Waals surface area (Å²) < 4.78 is 0. The summed E-state index contributed by atoms with van der Waals surface area (Å²) >= 11 is 0. The topological polar surface area (TPSA) is 46.4 Å². The molecule has 0 bridgehead atoms. The fraction of sp³-hybridized carbons (Fsp3) is 0.0513. The van der Waals surface area contributed by atoms with Crippen molar-refractivity contribution in [1.82, 2.24) is 15.0 Å². The van der Waals surface area contributed by atoms with E-state index in [2.05, 4.69) is 101 Å². The summed E-state index contributed by atoms with van der Waals surface area (Å²) in [5, 5.41) is 2.39. The van der Waals surface area contributed by atoms with Gasteiger partial charge in [0.05, 0.1) is 0 Å². The van der Waals surface area contributed by atoms with E-state index in [1.165, 1.54) is 21.9 Å². The van der Waals surface area contributed by atoms with Crippen LogP contribution in [0.25, 0.3) is 44.3 Å². The summed E-state index contributed by atoms with van der Waals surface area (Å²) in [6.45, 7) is 6.24. The monoisotopic (exact) mass is 760 g/mol. The summed E-state index contributed by atoms with van der Waals surface area (Å²) in [6.07, 6.45) is 7.70. The number of benzene rings is 4. The first-order valence-electron chi connectivity index (χ1n) is 14.5. The molecule has 4 aromatic carbocycles. The molecule has 0 fully saturated rings. The minimum Gasteiger partial charge on any atom is -0.655 e. The molecular weight excluding hydrogens is 731 g/mol. The smallest absolute Gasteiger partial charge is 0.0183 e. The van der Waals surface area contributed by atoms with Crippen LogP contribution in [0.2, 0.25) is 0 Å². The molecule has 1 aliphatic rings. The number of anilines is 2. The van der Waals surface area contributed by atoms with E-state index in [1.54, 1.807) is 0 Å². The van der Waals surface area contributed by atoms with Crippen molar-refractivity contribution in [3.05, 3.63) is 164 Å². The molecule has 0 unspecified atom stereocenters. The van der Waals surface area contributed by atoms with Gasteiger partial charge in [0.25, 0.3) is 0 Å². The van der Waals surface area contributed by atoms with Crippen molar-refractivity contribution in [2.45, 2.75) is 13.8 Å². The minimum absolute atomic E-state index is 0. The number of hydrogen-bond acceptors (Lipinski definition) is 4. The van der Waals surface area contributed by atoms with E-state index in [1.807, 2.05) is 85.3 Å². The number of pyridine rings is 2. The SMILES string of the molecule is Cc1cc(C)c(-c2ccccn2)[c-]c1-c1ccccn1.[Ir].[c-]1ccccc1N1C=CN(c2cccc3c2[n-]c2ccccc23)[CH-]1. The Bertz CT molecular complexity index is 2010. The number of nitrogens with zero attached hydrogens (tertiary/aromatic N) is 5. The summed E-state index contributed by atoms with van der Waals surface area (Å²) in [7, 11) is 0. The van der Waals surface area contributed by atoms with Gasteiger partial charge in [-0.15, -0.1) is 46.6 Å². The molecule has 1 radical (unpaired) electrons. The van der Waals surface area contributed by atoms with Crippen molar-refractivity contribution in [2.75, 3.05) is 9.80 Å². The average molecular weight is 760 g/mol. The zero-order valence-electron chi connectivity index (χ0n) is 24.8. The third kappa shape index (κ3) is 6.16. The quantitative estimate of drug-likeness (QED) is 0.168. The van der Waals surface area contributed by atoms with Crippen LogP contribution in [0.5, 0.6) is 0 Å². The van der Waals surface area contributed by atoms with Gasteiger partial charge in [-0.3, -0.25) is 9.97 Å². The third-order valence-electron chi connectivity index (χ3n) is 7.64. The van der Waals surface area contributed by atoms with E-state index in [0.717, 1.165) is 44.9 Å². The zero-order valence-corrected chi connectivity index (χ0v) is 27.2. The van der Waals surface area contributed by atoms with Gasteiger partial charge in [0.15, 0.2) is 0 Å². The molecule has 4 heterocycles. The van der Waals surface area contributed by atoms with Crippen LogP contribution in [0, 0.1) is 32.6 Å². The van der Waals surface area contributed by atoms with E-state index in [-0.39, 0.29) is 20.1 Å². The number of para-hydroxylation sites is 3. The predicted molar refractivity (Wildman–Crippen MR) is 180 cm³/mol. The first kappa shape index (κ1) is 30.0. The first-order chi connectivity index (χ1) is 21.7. The second-order valence-corrected chi connectivity index (χ2v) is 10.6. The average Bonchev–Trinajstić information content (AvgIpc) is 3.72. The standard InChI is InChI=1S/C21H14N3.C18H15N2.Ir/c1-2-7-16(8-3-1)23-13-14-24(15-23)20-12-6-10-18-17-9-4-5-11-19(17)22-21(18)20;1-13-11-14(2)16(18-8-4-6-10-20-18)12-15(13)17-7-3-5-9-19-17;/h1-7,9-15H;3-11H,1-2H3;/q-3;-1;. The molecule has 45 heavy (non-hydrogen) atoms. The molecule has 0 N–H and O–H groups in total. The van der Waals surface area contributed by atoms with Crippen molar-refractivity contribution < 1.29 is 20.1 Å². The van der Waals surface area contributed by atoms with Crippen LogP contribution in [-0.4, -0.2) is 9.97 Å². The number of fused-ring (bicyclic) bond motifs is 3. The van der Waals surface area contributed by atoms with Gasteiger partial charge in [-0.25, -0.2) is 0 Å². The van der Waals surface area contributed by atoms with Crippen LogP contribution < -0.4 is 14.8 Å². The third-order valence-corrected chi connectivity index (χ3v) is 7.64. The van der Waals surface area contributed by atoms with E-state index < -0.39 is 0 Å². The van der Waals surface area contributed by atoms with Crippen LogP contribution in [0.4, 0.5) is 11.4 Å². The van der Waals surface area contributed by atoms with Crippen LogP contribution >= 0.6 is 0 Å². The maximum atomic E-state index is 4.84. The Balaban J connectivity index is 0.000000158. The van der Waals surface area contributed by atoms with E-state index in [9.17, 15) is 0 Å². The van der Waals surface area contributed by atoms with Crippen molar-refractivity contribution in [3.63, 3.8) is 0 Å². The van der Waals surface area contributed by atoms with Gasteiger partial charge in [-0.2, -0.15) is 30.3 Å². The molecule has 223 valence electrons. The Morgan fingerprint density at radius 1 is 0.667 bits per heavy atom. The van der Waals surface area contributed by atoms with Crippen molar-refractivity contribution >= 4 is 33.2 Å². The van der Waals surface area contributed by atoms with Crippen molar-refractivity contribution in [2.24, 2.45) is 0 Å². The van der Waals surface area contributed by atoms with E-state index in [4.69, 9.17) is 4.98 Å². The maximum Gasteiger partial charge on any atom is 0.0183 e. The van der Waals surface area contributed by atoms with Gasteiger partial charge >= 0.3 is 0 Å². The van der Waals surface area contributed by atoms with Crippen LogP contribution in [0.15, 0.2) is 134 Å². The van der Waals surface area contributed by atoms with Gasteiger partial charge in [0.2, 0.25) is 0 Å². The molecule has 5 nitrogen and oxygen atoms in total. The molecule has 7 aromatic rings. The predicted octanol–water partition coefficient (Wildman–Crippen LogP) is 8.89. The van der Waals surface area contributed by atoms with Gasteiger partial charge in [0, 0.05) is 43.9 Å². The number of aryl methyl sites for hydroxylation is 2. The fourth-order valence-electron chi connectivity index (χ4n) is 5.52. The molecule has 8 rings (SSSR count). The second kappa shape index (κ2) is 13.3. The number of aromatic nitrogens is 3. The van der Waals surface area contributed by atoms with E-state index in [0.29, 0.717) is 0 Å². The fourth-order valence-corrected chi connectivity index (χ4v) is 5.52. The summed E-state index contributed by atoms with van der Waals surface area (Å²) in [5.41, 5.74) is 10.5. The Morgan fingerprint density at radius 2 is 1.31 bits per heavy atom. The van der Waals surface area contributed by atoms with Crippen LogP contribution in [0.1, 0.15) is 11.1 Å². The van der Waals surface area contributed by atoms with E-state index >= 15 is 0 Å². The molecule has 0 saturated heterocycles. The molecule has 3 aromatic heterocycles. The largest absolute Gasteiger partial charge is 0.655 e. The minimum atomic E-state index is 0. The van der Waals surface area contributed by atoms with Crippen LogP contribution in [-0.2, 0) is 20.1 Å². The molecular formula is C39H29IrN5-4. The Kier molecular flexibility index (Phi) is 8.88. The van der Waals surface area contributed by atoms with Gasteiger partial charge in [0.1, 0.15) is 0 Å². The maximum absolute atomic E-state index is 4.84. The zero-order chi connectivity index (χ0) is 29.9. The Hall–Kier alpha value is -5.03. The summed E-state index contributed by atoms with van der Waals surface area (Å²) in [5.74, 6) is 0. The summed E-state index contributed by atoms with van der Waals surface area (Å²) in [4.78, 5) is 17.8. The normalized spacial score (nSPS) is 12.2. The Morgan fingerprint density at radius 3 is 1.98 bits per heavy atom. The molecule has 1 aliphatic heterocycles. The molecule has 0 amide bonds. The molecule has 0 aliphatic carbocycles. The summed E-state index contributed by atoms with van der Waals surface area (Å²) in [6, 6.07) is 43.3. The van der Waals surface area contributed by atoms with Gasteiger partial charge < -0.3 is 14.8 Å². The van der Waals surface area contributed by atoms with Crippen molar-refractivity contribution in [1.29, 1.82) is 0 Å². The van der Waals surface area contributed by atoms with Crippen molar-refractivity contribution in [3.8, 4) is 22.5 Å². The first-order valence-corrected chi connectivity index (χ1v) is 14.5. The molecule has 0 saturated carbocycles. The van der Waals surface area contributed by atoms with Gasteiger partial charge in [-0.1, -0.05) is 85.6 Å². The second-order valence-electron chi connectivity index (χ2n) is 10.6. The van der Waals surface area contributed by atoms with Gasteiger partial charge in [-0.05, 0) is 47.1 Å². The number of rotatable bonds is 4.